The third kappa shape index (κ3) is 1.95. The third-order valence-corrected chi connectivity index (χ3v) is 6.25. The van der Waals surface area contributed by atoms with Gasteiger partial charge in [-0.05, 0) is 31.4 Å². The fraction of sp³-hybridized carbons (Fsp3) is 0.111. The normalized spacial score (nSPS) is 11.6. The zero-order valence-corrected chi connectivity index (χ0v) is 15.6. The van der Waals surface area contributed by atoms with E-state index in [0.717, 1.165) is 32.3 Å². The molecule has 0 aliphatic heterocycles. The van der Waals surface area contributed by atoms with Crippen LogP contribution >= 0.6 is 23.1 Å². The van der Waals surface area contributed by atoms with Gasteiger partial charge in [0, 0.05) is 11.9 Å². The van der Waals surface area contributed by atoms with Gasteiger partial charge >= 0.3 is 0 Å². The van der Waals surface area contributed by atoms with Crippen molar-refractivity contribution in [2.45, 2.75) is 11.9 Å². The summed E-state index contributed by atoms with van der Waals surface area (Å²) in [5.74, 6) is 0. The molecule has 5 rings (SSSR count). The van der Waals surface area contributed by atoms with Crippen molar-refractivity contribution in [2.24, 2.45) is 0 Å². The number of aryl methyl sites for hydroxylation is 1. The molecule has 0 saturated carbocycles. The Morgan fingerprint density at radius 2 is 2.08 bits per heavy atom. The number of thiazole rings is 1. The first-order valence-electron chi connectivity index (χ1n) is 7.91. The summed E-state index contributed by atoms with van der Waals surface area (Å²) < 4.78 is 3.94. The lowest BCUT2D eigenvalue weighted by Gasteiger charge is -2.03. The van der Waals surface area contributed by atoms with E-state index in [4.69, 9.17) is 4.98 Å². The summed E-state index contributed by atoms with van der Waals surface area (Å²) in [6, 6.07) is 12.3. The van der Waals surface area contributed by atoms with E-state index in [1.807, 2.05) is 30.5 Å². The van der Waals surface area contributed by atoms with Gasteiger partial charge in [-0.15, -0.1) is 11.8 Å². The van der Waals surface area contributed by atoms with Crippen LogP contribution in [0.3, 0.4) is 0 Å². The number of thioether (sulfide) groups is 1. The highest BCUT2D eigenvalue weighted by molar-refractivity contribution is 7.98. The van der Waals surface area contributed by atoms with E-state index in [0.29, 0.717) is 16.2 Å². The molecule has 0 atom stereocenters. The molecule has 0 N–H and O–H groups in total. The number of rotatable bonds is 2. The van der Waals surface area contributed by atoms with Gasteiger partial charge in [-0.3, -0.25) is 4.40 Å². The Kier molecular flexibility index (Phi) is 3.29. The molecule has 1 aromatic carbocycles. The molecule has 8 heteroatoms. The molecule has 0 aliphatic carbocycles. The maximum Gasteiger partial charge on any atom is 0.195 e. The van der Waals surface area contributed by atoms with E-state index in [-0.39, 0.29) is 0 Å². The van der Waals surface area contributed by atoms with E-state index in [1.54, 1.807) is 22.0 Å². The molecule has 0 aliphatic rings. The molecular weight excluding hydrogens is 364 g/mol. The lowest BCUT2D eigenvalue weighted by atomic mass is 10.2. The van der Waals surface area contributed by atoms with Crippen LogP contribution < -0.4 is 0 Å². The predicted octanol–water partition coefficient (Wildman–Crippen LogP) is 4.16. The van der Waals surface area contributed by atoms with Gasteiger partial charge < -0.3 is 0 Å². The smallest absolute Gasteiger partial charge is 0.195 e. The highest BCUT2D eigenvalue weighted by atomic mass is 32.2. The lowest BCUT2D eigenvalue weighted by molar-refractivity contribution is 0.896. The molecule has 5 aromatic rings. The molecule has 0 unspecified atom stereocenters. The monoisotopic (exact) mass is 376 g/mol. The van der Waals surface area contributed by atoms with Crippen LogP contribution in [0.4, 0.5) is 0 Å². The Morgan fingerprint density at radius 1 is 1.23 bits per heavy atom. The number of nitrogens with zero attached hydrogens (tertiary/aromatic N) is 6. The Morgan fingerprint density at radius 3 is 2.88 bits per heavy atom. The first-order chi connectivity index (χ1) is 12.7. The average Bonchev–Trinajstić information content (AvgIpc) is 3.31. The molecular formula is C18H12N6S2. The largest absolute Gasteiger partial charge is 0.287 e. The van der Waals surface area contributed by atoms with Crippen molar-refractivity contribution >= 4 is 44.7 Å². The molecule has 0 spiro atoms. The molecule has 6 nitrogen and oxygen atoms in total. The maximum atomic E-state index is 9.48. The summed E-state index contributed by atoms with van der Waals surface area (Å²) in [5, 5.41) is 14.8. The number of fused-ring (bicyclic) bond motifs is 4. The summed E-state index contributed by atoms with van der Waals surface area (Å²) >= 11 is 3.08. The van der Waals surface area contributed by atoms with Gasteiger partial charge in [-0.2, -0.15) is 10.4 Å². The maximum absolute atomic E-state index is 9.48. The predicted molar refractivity (Wildman–Crippen MR) is 104 cm³/mol. The van der Waals surface area contributed by atoms with Gasteiger partial charge in [0.1, 0.15) is 16.7 Å². The van der Waals surface area contributed by atoms with Crippen molar-refractivity contribution in [3.63, 3.8) is 0 Å². The van der Waals surface area contributed by atoms with E-state index >= 15 is 0 Å². The zero-order valence-electron chi connectivity index (χ0n) is 14.0. The lowest BCUT2D eigenvalue weighted by Crippen LogP contribution is -1.96. The van der Waals surface area contributed by atoms with E-state index in [1.165, 1.54) is 11.8 Å². The summed E-state index contributed by atoms with van der Waals surface area (Å²) in [4.78, 5) is 11.1. The van der Waals surface area contributed by atoms with Crippen LogP contribution in [0.15, 0.2) is 41.6 Å². The first kappa shape index (κ1) is 15.4. The molecule has 26 heavy (non-hydrogen) atoms. The second-order valence-corrected chi connectivity index (χ2v) is 7.57. The minimum Gasteiger partial charge on any atom is -0.287 e. The van der Waals surface area contributed by atoms with Gasteiger partial charge in [0.25, 0.3) is 0 Å². The number of aromatic nitrogens is 5. The van der Waals surface area contributed by atoms with Crippen molar-refractivity contribution in [1.29, 1.82) is 5.26 Å². The number of hydrogen-bond donors (Lipinski definition) is 0. The Hall–Kier alpha value is -2.89. The van der Waals surface area contributed by atoms with Gasteiger partial charge in [0.2, 0.25) is 0 Å². The van der Waals surface area contributed by atoms with E-state index in [9.17, 15) is 5.26 Å². The molecule has 0 bridgehead atoms. The molecule has 0 radical (unpaired) electrons. The SMILES string of the molecule is CSc1nn2c(-c3sc4nc5ccccc5n4c3C)ccnc2c1C#N. The van der Waals surface area contributed by atoms with Crippen LogP contribution in [0, 0.1) is 18.3 Å². The van der Waals surface area contributed by atoms with Crippen molar-refractivity contribution in [3.05, 3.63) is 47.8 Å². The highest BCUT2D eigenvalue weighted by Crippen LogP contribution is 2.35. The average molecular weight is 376 g/mol. The van der Waals surface area contributed by atoms with Crippen molar-refractivity contribution in [3.8, 4) is 16.6 Å². The number of imidazole rings is 1. The Labute approximate surface area is 156 Å². The van der Waals surface area contributed by atoms with Crippen LogP contribution in [0.5, 0.6) is 0 Å². The van der Waals surface area contributed by atoms with E-state index < -0.39 is 0 Å². The summed E-state index contributed by atoms with van der Waals surface area (Å²) in [7, 11) is 0. The summed E-state index contributed by atoms with van der Waals surface area (Å²) in [5.41, 5.74) is 5.21. The summed E-state index contributed by atoms with van der Waals surface area (Å²) in [6.07, 6.45) is 3.65. The van der Waals surface area contributed by atoms with Crippen molar-refractivity contribution in [2.75, 3.05) is 6.26 Å². The minimum absolute atomic E-state index is 0.517. The van der Waals surface area contributed by atoms with Gasteiger partial charge in [-0.1, -0.05) is 23.5 Å². The molecule has 126 valence electrons. The van der Waals surface area contributed by atoms with Crippen LogP contribution in [-0.2, 0) is 0 Å². The van der Waals surface area contributed by atoms with Crippen molar-refractivity contribution < 1.29 is 0 Å². The minimum atomic E-state index is 0.517. The number of hydrogen-bond acceptors (Lipinski definition) is 6. The Balaban J connectivity index is 1.85. The topological polar surface area (TPSA) is 71.3 Å². The number of benzene rings is 1. The fourth-order valence-electron chi connectivity index (χ4n) is 3.24. The Bertz CT molecular complexity index is 1350. The van der Waals surface area contributed by atoms with Crippen LogP contribution in [0.25, 0.3) is 32.2 Å². The molecule has 0 fully saturated rings. The quantitative estimate of drug-likeness (QED) is 0.433. The van der Waals surface area contributed by atoms with Crippen LogP contribution in [0.2, 0.25) is 0 Å². The standard InChI is InChI=1S/C18H12N6S2/c1-10-15(26-18-21-12-5-3-4-6-13(12)23(10)18)14-7-8-20-16-11(9-19)17(25-2)22-24(14)16/h3-8H,1-2H3. The summed E-state index contributed by atoms with van der Waals surface area (Å²) in [6.45, 7) is 2.09. The molecule has 0 saturated heterocycles. The second-order valence-electron chi connectivity index (χ2n) is 5.80. The molecule has 4 aromatic heterocycles. The molecule has 4 heterocycles. The van der Waals surface area contributed by atoms with Crippen LogP contribution in [-0.4, -0.2) is 30.2 Å². The van der Waals surface area contributed by atoms with Crippen LogP contribution in [0.1, 0.15) is 11.3 Å². The van der Waals surface area contributed by atoms with Gasteiger partial charge in [0.15, 0.2) is 10.6 Å². The van der Waals surface area contributed by atoms with Crippen molar-refractivity contribution in [1.82, 2.24) is 24.0 Å². The molecule has 0 amide bonds. The first-order valence-corrected chi connectivity index (χ1v) is 9.96. The second kappa shape index (κ2) is 5.56. The fourth-order valence-corrected chi connectivity index (χ4v) is 4.89. The van der Waals surface area contributed by atoms with Gasteiger partial charge in [0.05, 0.1) is 21.6 Å². The number of para-hydroxylation sites is 2. The third-order valence-electron chi connectivity index (χ3n) is 4.41. The zero-order chi connectivity index (χ0) is 17.8. The number of nitriles is 1. The van der Waals surface area contributed by atoms with Gasteiger partial charge in [-0.25, -0.2) is 14.5 Å². The van der Waals surface area contributed by atoms with E-state index in [2.05, 4.69) is 33.5 Å². The highest BCUT2D eigenvalue weighted by Gasteiger charge is 2.20.